The van der Waals surface area contributed by atoms with Crippen molar-refractivity contribution in [3.8, 4) is 0 Å². The average molecular weight is 500 g/mol. The highest BCUT2D eigenvalue weighted by molar-refractivity contribution is 9.10. The van der Waals surface area contributed by atoms with E-state index in [-0.39, 0.29) is 41.9 Å². The quantitative estimate of drug-likeness (QED) is 0.488. The summed E-state index contributed by atoms with van der Waals surface area (Å²) in [7, 11) is 0. The fourth-order valence-electron chi connectivity index (χ4n) is 5.18. The van der Waals surface area contributed by atoms with Gasteiger partial charge in [0.05, 0.1) is 22.5 Å². The van der Waals surface area contributed by atoms with Gasteiger partial charge in [-0.3, -0.25) is 19.3 Å². The molecule has 5 rings (SSSR count). The van der Waals surface area contributed by atoms with Crippen LogP contribution in [0.2, 0.25) is 5.02 Å². The minimum absolute atomic E-state index is 0.0952. The number of amides is 3. The van der Waals surface area contributed by atoms with Gasteiger partial charge in [-0.1, -0.05) is 70.0 Å². The van der Waals surface area contributed by atoms with E-state index in [4.69, 9.17) is 11.6 Å². The van der Waals surface area contributed by atoms with Crippen LogP contribution in [-0.2, 0) is 20.8 Å². The summed E-state index contributed by atoms with van der Waals surface area (Å²) in [5.41, 5.74) is 1.32. The fraction of sp³-hybridized carbons (Fsp3) is 0.292. The number of allylic oxidation sites excluding steroid dienone is 2. The van der Waals surface area contributed by atoms with Crippen LogP contribution in [0.15, 0.2) is 65.2 Å². The van der Waals surface area contributed by atoms with Gasteiger partial charge in [-0.25, -0.2) is 0 Å². The molecule has 1 N–H and O–H groups in total. The monoisotopic (exact) mass is 498 g/mol. The fourth-order valence-corrected chi connectivity index (χ4v) is 5.90. The number of carbonyl (C=O) groups excluding carboxylic acids is 3. The van der Waals surface area contributed by atoms with Crippen LogP contribution < -0.4 is 5.32 Å². The highest BCUT2D eigenvalue weighted by atomic mass is 79.9. The zero-order valence-corrected chi connectivity index (χ0v) is 18.8. The van der Waals surface area contributed by atoms with Crippen LogP contribution in [-0.4, -0.2) is 28.7 Å². The molecule has 2 fully saturated rings. The number of imide groups is 1. The summed E-state index contributed by atoms with van der Waals surface area (Å²) in [6.45, 7) is 0. The van der Waals surface area contributed by atoms with E-state index in [1.807, 2.05) is 42.5 Å². The van der Waals surface area contributed by atoms with Gasteiger partial charge in [-0.15, -0.1) is 0 Å². The summed E-state index contributed by atoms with van der Waals surface area (Å²) in [5, 5.41) is 3.20. The number of hydrogen-bond donors (Lipinski definition) is 1. The van der Waals surface area contributed by atoms with Crippen LogP contribution in [0.4, 0.5) is 5.69 Å². The molecule has 2 aromatic carbocycles. The predicted molar refractivity (Wildman–Crippen MR) is 121 cm³/mol. The Morgan fingerprint density at radius 1 is 1.06 bits per heavy atom. The number of nitrogens with one attached hydrogen (secondary N) is 1. The highest BCUT2D eigenvalue weighted by Crippen LogP contribution is 2.53. The number of fused-ring (bicyclic) bond motifs is 5. The van der Waals surface area contributed by atoms with E-state index >= 15 is 0 Å². The summed E-state index contributed by atoms with van der Waals surface area (Å²) in [6, 6.07) is 13.6. The van der Waals surface area contributed by atoms with Crippen LogP contribution >= 0.6 is 27.5 Å². The van der Waals surface area contributed by atoms with Crippen LogP contribution in [0, 0.1) is 23.7 Å². The van der Waals surface area contributed by atoms with Crippen molar-refractivity contribution >= 4 is 50.9 Å². The Kier molecular flexibility index (Phi) is 5.22. The van der Waals surface area contributed by atoms with Crippen LogP contribution in [0.25, 0.3) is 0 Å². The summed E-state index contributed by atoms with van der Waals surface area (Å²) >= 11 is 9.63. The molecule has 1 aliphatic heterocycles. The van der Waals surface area contributed by atoms with Crippen LogP contribution in [0.3, 0.4) is 0 Å². The Morgan fingerprint density at radius 3 is 2.32 bits per heavy atom. The lowest BCUT2D eigenvalue weighted by Gasteiger charge is -2.27. The number of anilines is 1. The van der Waals surface area contributed by atoms with Gasteiger partial charge in [0.1, 0.15) is 6.04 Å². The third-order valence-electron chi connectivity index (χ3n) is 6.58. The van der Waals surface area contributed by atoms with E-state index in [0.717, 1.165) is 16.5 Å². The van der Waals surface area contributed by atoms with Crippen LogP contribution in [0.1, 0.15) is 12.0 Å². The molecule has 1 heterocycles. The molecule has 1 saturated heterocycles. The Labute approximate surface area is 193 Å². The first-order valence-corrected chi connectivity index (χ1v) is 11.5. The number of likely N-dealkylation sites (tertiary alicyclic amines) is 1. The van der Waals surface area contributed by atoms with Crippen molar-refractivity contribution in [1.82, 2.24) is 4.90 Å². The number of carbonyl (C=O) groups is 3. The number of benzene rings is 2. The molecule has 0 radical (unpaired) electrons. The second kappa shape index (κ2) is 7.92. The second-order valence-electron chi connectivity index (χ2n) is 8.37. The molecule has 5 atom stereocenters. The van der Waals surface area contributed by atoms with Gasteiger partial charge < -0.3 is 5.32 Å². The molecule has 31 heavy (non-hydrogen) atoms. The molecule has 0 aromatic heterocycles. The standard InChI is InChI=1S/C24H20BrClN2O3/c25-16-8-9-18(17(26)12-16)27-22(29)19(10-13-4-2-1-3-5-13)28-23(30)20-14-6-7-15(11-14)21(20)24(28)31/h1-9,12,14-15,19-21H,10-11H2,(H,27,29)/t14-,15-,19+,20-,21+/m0/s1. The molecule has 5 nitrogen and oxygen atoms in total. The maximum atomic E-state index is 13.4. The lowest BCUT2D eigenvalue weighted by molar-refractivity contribution is -0.147. The summed E-state index contributed by atoms with van der Waals surface area (Å²) < 4.78 is 0.789. The average Bonchev–Trinajstić information content (AvgIpc) is 3.43. The van der Waals surface area contributed by atoms with Crippen molar-refractivity contribution in [3.05, 3.63) is 75.7 Å². The smallest absolute Gasteiger partial charge is 0.248 e. The molecule has 2 aliphatic carbocycles. The second-order valence-corrected chi connectivity index (χ2v) is 9.69. The Balaban J connectivity index is 1.47. The molecular formula is C24H20BrClN2O3. The van der Waals surface area contributed by atoms with E-state index < -0.39 is 11.9 Å². The minimum atomic E-state index is -0.938. The summed E-state index contributed by atoms with van der Waals surface area (Å²) in [4.78, 5) is 41.3. The lowest BCUT2D eigenvalue weighted by Crippen LogP contribution is -2.49. The van der Waals surface area contributed by atoms with Crippen molar-refractivity contribution < 1.29 is 14.4 Å². The predicted octanol–water partition coefficient (Wildman–Crippen LogP) is 4.46. The molecule has 0 spiro atoms. The summed E-state index contributed by atoms with van der Waals surface area (Å²) in [6.07, 6.45) is 5.20. The Morgan fingerprint density at radius 2 is 1.71 bits per heavy atom. The third kappa shape index (κ3) is 3.52. The molecule has 2 bridgehead atoms. The highest BCUT2D eigenvalue weighted by Gasteiger charge is 2.61. The largest absolute Gasteiger partial charge is 0.323 e. The zero-order valence-electron chi connectivity index (χ0n) is 16.5. The Hall–Kier alpha value is -2.44. The summed E-state index contributed by atoms with van der Waals surface area (Å²) in [5.74, 6) is -1.38. The molecule has 2 aromatic rings. The van der Waals surface area contributed by atoms with E-state index in [0.29, 0.717) is 10.7 Å². The Bertz CT molecular complexity index is 1070. The SMILES string of the molecule is O=C(Nc1ccc(Br)cc1Cl)[C@@H](Cc1ccccc1)N1C(=O)[C@@H]2[C@H](C1=O)[C@H]1C=C[C@H]2C1. The molecule has 3 aliphatic rings. The number of hydrogen-bond acceptors (Lipinski definition) is 3. The first-order valence-electron chi connectivity index (χ1n) is 10.3. The van der Waals surface area contributed by atoms with Crippen molar-refractivity contribution in [3.63, 3.8) is 0 Å². The van der Waals surface area contributed by atoms with E-state index in [1.165, 1.54) is 4.90 Å². The minimum Gasteiger partial charge on any atom is -0.323 e. The van der Waals surface area contributed by atoms with Crippen molar-refractivity contribution in [2.24, 2.45) is 23.7 Å². The molecule has 158 valence electrons. The van der Waals surface area contributed by atoms with Crippen molar-refractivity contribution in [1.29, 1.82) is 0 Å². The van der Waals surface area contributed by atoms with Crippen molar-refractivity contribution in [2.45, 2.75) is 18.9 Å². The van der Waals surface area contributed by atoms with Crippen LogP contribution in [0.5, 0.6) is 0 Å². The molecule has 0 unspecified atom stereocenters. The maximum absolute atomic E-state index is 13.4. The topological polar surface area (TPSA) is 66.5 Å². The lowest BCUT2D eigenvalue weighted by atomic mass is 9.85. The molecule has 7 heteroatoms. The van der Waals surface area contributed by atoms with Gasteiger partial charge in [0.15, 0.2) is 0 Å². The van der Waals surface area contributed by atoms with E-state index in [9.17, 15) is 14.4 Å². The molecular weight excluding hydrogens is 480 g/mol. The van der Waals surface area contributed by atoms with Gasteiger partial charge in [-0.05, 0) is 42.0 Å². The molecule has 1 saturated carbocycles. The number of rotatable bonds is 5. The molecule has 3 amide bonds. The first kappa shape index (κ1) is 20.5. The number of nitrogens with zero attached hydrogens (tertiary/aromatic N) is 1. The normalized spacial score (nSPS) is 27.0. The van der Waals surface area contributed by atoms with Gasteiger partial charge in [0, 0.05) is 10.9 Å². The van der Waals surface area contributed by atoms with Crippen molar-refractivity contribution in [2.75, 3.05) is 5.32 Å². The van der Waals surface area contributed by atoms with Gasteiger partial charge >= 0.3 is 0 Å². The van der Waals surface area contributed by atoms with Gasteiger partial charge in [0.25, 0.3) is 0 Å². The van der Waals surface area contributed by atoms with Gasteiger partial charge in [-0.2, -0.15) is 0 Å². The zero-order chi connectivity index (χ0) is 21.7. The van der Waals surface area contributed by atoms with Gasteiger partial charge in [0.2, 0.25) is 17.7 Å². The first-order chi connectivity index (χ1) is 14.9. The van der Waals surface area contributed by atoms with E-state index in [1.54, 1.807) is 18.2 Å². The van der Waals surface area contributed by atoms with E-state index in [2.05, 4.69) is 21.2 Å². The number of halogens is 2. The maximum Gasteiger partial charge on any atom is 0.248 e. The third-order valence-corrected chi connectivity index (χ3v) is 7.39.